The first-order chi connectivity index (χ1) is 14.2. The summed E-state index contributed by atoms with van der Waals surface area (Å²) in [7, 11) is 0. The van der Waals surface area contributed by atoms with Crippen LogP contribution in [-0.4, -0.2) is 21.9 Å². The molecule has 6 nitrogen and oxygen atoms in total. The van der Waals surface area contributed by atoms with Crippen molar-refractivity contribution in [3.05, 3.63) is 102 Å². The first kappa shape index (κ1) is 18.4. The van der Waals surface area contributed by atoms with Crippen LogP contribution < -0.4 is 5.43 Å². The maximum absolute atomic E-state index is 12.2. The van der Waals surface area contributed by atoms with Gasteiger partial charge >= 0.3 is 0 Å². The first-order valence-electron chi connectivity index (χ1n) is 9.25. The highest BCUT2D eigenvalue weighted by Gasteiger charge is 2.12. The van der Waals surface area contributed by atoms with Gasteiger partial charge in [-0.15, -0.1) is 0 Å². The second kappa shape index (κ2) is 8.39. The van der Waals surface area contributed by atoms with E-state index < -0.39 is 0 Å². The van der Waals surface area contributed by atoms with Crippen LogP contribution in [-0.2, 0) is 6.54 Å². The Labute approximate surface area is 168 Å². The van der Waals surface area contributed by atoms with Crippen LogP contribution in [0.2, 0.25) is 0 Å². The molecule has 2 aromatic carbocycles. The zero-order chi connectivity index (χ0) is 20.1. The van der Waals surface area contributed by atoms with E-state index in [-0.39, 0.29) is 5.91 Å². The van der Waals surface area contributed by atoms with Gasteiger partial charge in [-0.25, -0.2) is 5.43 Å². The number of hydrogen-bond acceptors (Lipinski definition) is 4. The topological polar surface area (TPSA) is 72.4 Å². The highest BCUT2D eigenvalue weighted by atomic mass is 16.3. The minimum Gasteiger partial charge on any atom is -0.469 e. The van der Waals surface area contributed by atoms with Crippen LogP contribution in [0.15, 0.2) is 88.7 Å². The fourth-order valence-electron chi connectivity index (χ4n) is 3.04. The lowest BCUT2D eigenvalue weighted by molar-refractivity contribution is 0.0953. The SMILES string of the molecule is Cc1occc1C(=O)N/N=C\c1cn(Cc2ccccc2)nc1-c1ccccc1. The summed E-state index contributed by atoms with van der Waals surface area (Å²) in [6, 6.07) is 21.6. The maximum atomic E-state index is 12.2. The van der Waals surface area contributed by atoms with Crippen LogP contribution >= 0.6 is 0 Å². The lowest BCUT2D eigenvalue weighted by Gasteiger charge is -2.01. The predicted octanol–water partition coefficient (Wildman–Crippen LogP) is 4.26. The summed E-state index contributed by atoms with van der Waals surface area (Å²) in [5.41, 5.74) is 6.77. The first-order valence-corrected chi connectivity index (χ1v) is 9.25. The molecule has 0 unspecified atom stereocenters. The van der Waals surface area contributed by atoms with Gasteiger partial charge < -0.3 is 4.42 Å². The summed E-state index contributed by atoms with van der Waals surface area (Å²) in [5, 5.41) is 8.86. The van der Waals surface area contributed by atoms with Gasteiger partial charge in [0, 0.05) is 17.3 Å². The molecular formula is C23H20N4O2. The number of nitrogens with zero attached hydrogens (tertiary/aromatic N) is 3. The van der Waals surface area contributed by atoms with Crippen molar-refractivity contribution in [3.8, 4) is 11.3 Å². The van der Waals surface area contributed by atoms with Crippen molar-refractivity contribution in [2.75, 3.05) is 0 Å². The van der Waals surface area contributed by atoms with Gasteiger partial charge in [0.2, 0.25) is 0 Å². The van der Waals surface area contributed by atoms with Gasteiger partial charge in [0.1, 0.15) is 11.5 Å². The van der Waals surface area contributed by atoms with E-state index in [9.17, 15) is 4.79 Å². The van der Waals surface area contributed by atoms with E-state index in [4.69, 9.17) is 9.52 Å². The van der Waals surface area contributed by atoms with Crippen LogP contribution in [0.25, 0.3) is 11.3 Å². The monoisotopic (exact) mass is 384 g/mol. The van der Waals surface area contributed by atoms with E-state index in [1.54, 1.807) is 19.2 Å². The summed E-state index contributed by atoms with van der Waals surface area (Å²) >= 11 is 0. The Kier molecular flexibility index (Phi) is 5.33. The second-order valence-electron chi connectivity index (χ2n) is 6.57. The van der Waals surface area contributed by atoms with E-state index in [0.717, 1.165) is 22.4 Å². The molecule has 0 bridgehead atoms. The van der Waals surface area contributed by atoms with Gasteiger partial charge in [0.15, 0.2) is 0 Å². The highest BCUT2D eigenvalue weighted by Crippen LogP contribution is 2.21. The number of furan rings is 1. The second-order valence-corrected chi connectivity index (χ2v) is 6.57. The highest BCUT2D eigenvalue weighted by molar-refractivity contribution is 5.96. The van der Waals surface area contributed by atoms with E-state index >= 15 is 0 Å². The average molecular weight is 384 g/mol. The molecule has 0 saturated carbocycles. The van der Waals surface area contributed by atoms with Crippen molar-refractivity contribution in [1.29, 1.82) is 0 Å². The Morgan fingerprint density at radius 1 is 1.10 bits per heavy atom. The van der Waals surface area contributed by atoms with Gasteiger partial charge in [-0.2, -0.15) is 10.2 Å². The summed E-state index contributed by atoms with van der Waals surface area (Å²) in [6.45, 7) is 2.38. The van der Waals surface area contributed by atoms with Crippen molar-refractivity contribution < 1.29 is 9.21 Å². The number of benzene rings is 2. The third-order valence-electron chi connectivity index (χ3n) is 4.50. The zero-order valence-electron chi connectivity index (χ0n) is 15.9. The summed E-state index contributed by atoms with van der Waals surface area (Å²) in [5.74, 6) is 0.240. The predicted molar refractivity (Wildman–Crippen MR) is 112 cm³/mol. The third kappa shape index (κ3) is 4.32. The molecule has 2 heterocycles. The molecule has 0 aliphatic rings. The lowest BCUT2D eigenvalue weighted by atomic mass is 10.1. The third-order valence-corrected chi connectivity index (χ3v) is 4.50. The van der Waals surface area contributed by atoms with E-state index in [1.807, 2.05) is 59.4 Å². The fraction of sp³-hybridized carbons (Fsp3) is 0.0870. The minimum atomic E-state index is -0.314. The molecule has 0 saturated heterocycles. The number of aromatic nitrogens is 2. The molecule has 144 valence electrons. The van der Waals surface area contributed by atoms with Gasteiger partial charge in [0.05, 0.1) is 24.6 Å². The molecule has 4 rings (SSSR count). The molecule has 1 N–H and O–H groups in total. The molecule has 0 atom stereocenters. The molecule has 0 fully saturated rings. The van der Waals surface area contributed by atoms with Crippen LogP contribution in [0.3, 0.4) is 0 Å². The van der Waals surface area contributed by atoms with Gasteiger partial charge in [0.25, 0.3) is 5.91 Å². The van der Waals surface area contributed by atoms with Gasteiger partial charge in [-0.05, 0) is 18.6 Å². The summed E-state index contributed by atoms with van der Waals surface area (Å²) in [6.07, 6.45) is 5.02. The molecule has 2 aromatic heterocycles. The van der Waals surface area contributed by atoms with Crippen LogP contribution in [0.5, 0.6) is 0 Å². The molecule has 6 heteroatoms. The maximum Gasteiger partial charge on any atom is 0.274 e. The van der Waals surface area contributed by atoms with Crippen LogP contribution in [0.1, 0.15) is 27.2 Å². The summed E-state index contributed by atoms with van der Waals surface area (Å²) < 4.78 is 7.04. The van der Waals surface area contributed by atoms with Crippen LogP contribution in [0, 0.1) is 6.92 Å². The number of hydrazone groups is 1. The van der Waals surface area contributed by atoms with E-state index in [2.05, 4.69) is 22.7 Å². The zero-order valence-corrected chi connectivity index (χ0v) is 15.9. The van der Waals surface area contributed by atoms with Crippen molar-refractivity contribution in [2.45, 2.75) is 13.5 Å². The summed E-state index contributed by atoms with van der Waals surface area (Å²) in [4.78, 5) is 12.2. The molecule has 29 heavy (non-hydrogen) atoms. The van der Waals surface area contributed by atoms with Crippen molar-refractivity contribution in [3.63, 3.8) is 0 Å². The molecule has 1 amide bonds. The molecule has 0 aliphatic heterocycles. The standard InChI is InChI=1S/C23H20N4O2/c1-17-21(12-13-29-17)23(28)25-24-14-20-16-27(15-18-8-4-2-5-9-18)26-22(20)19-10-6-3-7-11-19/h2-14,16H,15H2,1H3,(H,25,28)/b24-14-. The number of hydrogen-bond donors (Lipinski definition) is 1. The fourth-order valence-corrected chi connectivity index (χ4v) is 3.04. The Morgan fingerprint density at radius 3 is 2.52 bits per heavy atom. The number of carbonyl (C=O) groups is 1. The van der Waals surface area contributed by atoms with Gasteiger partial charge in [-0.3, -0.25) is 9.48 Å². The number of nitrogens with one attached hydrogen (secondary N) is 1. The van der Waals surface area contributed by atoms with Crippen molar-refractivity contribution >= 4 is 12.1 Å². The Balaban J connectivity index is 1.59. The Bertz CT molecular complexity index is 1130. The smallest absolute Gasteiger partial charge is 0.274 e. The Morgan fingerprint density at radius 2 is 1.83 bits per heavy atom. The molecule has 0 spiro atoms. The number of amides is 1. The van der Waals surface area contributed by atoms with Crippen molar-refractivity contribution in [1.82, 2.24) is 15.2 Å². The molecule has 4 aromatic rings. The normalized spacial score (nSPS) is 11.1. The quantitative estimate of drug-likeness (QED) is 0.399. The number of aryl methyl sites for hydroxylation is 1. The number of rotatable bonds is 6. The Hall–Kier alpha value is -3.93. The minimum absolute atomic E-state index is 0.314. The lowest BCUT2D eigenvalue weighted by Crippen LogP contribution is -2.17. The van der Waals surface area contributed by atoms with E-state index in [1.165, 1.54) is 6.26 Å². The van der Waals surface area contributed by atoms with Gasteiger partial charge in [-0.1, -0.05) is 60.7 Å². The number of carbonyl (C=O) groups excluding carboxylic acids is 1. The average Bonchev–Trinajstić information content (AvgIpc) is 3.35. The molecular weight excluding hydrogens is 364 g/mol. The van der Waals surface area contributed by atoms with Crippen molar-refractivity contribution in [2.24, 2.45) is 5.10 Å². The largest absolute Gasteiger partial charge is 0.469 e. The molecule has 0 radical (unpaired) electrons. The van der Waals surface area contributed by atoms with E-state index in [0.29, 0.717) is 17.9 Å². The molecule has 0 aliphatic carbocycles. The van der Waals surface area contributed by atoms with Crippen LogP contribution in [0.4, 0.5) is 0 Å².